The summed E-state index contributed by atoms with van der Waals surface area (Å²) in [6, 6.07) is 25.0. The minimum Gasteiger partial charge on any atom is -0.497 e. The summed E-state index contributed by atoms with van der Waals surface area (Å²) >= 11 is 0. The highest BCUT2D eigenvalue weighted by atomic mass is 16.5. The van der Waals surface area contributed by atoms with E-state index in [0.29, 0.717) is 0 Å². The quantitative estimate of drug-likeness (QED) is 0.575. The van der Waals surface area contributed by atoms with Crippen molar-refractivity contribution < 1.29 is 9.53 Å². The fourth-order valence-corrected chi connectivity index (χ4v) is 4.21. The van der Waals surface area contributed by atoms with Crippen molar-refractivity contribution in [3.63, 3.8) is 0 Å². The lowest BCUT2D eigenvalue weighted by Gasteiger charge is -2.24. The fraction of sp³-hybridized carbons (Fsp3) is 0.269. The first-order chi connectivity index (χ1) is 13.7. The maximum Gasteiger partial charge on any atom is 0.166 e. The summed E-state index contributed by atoms with van der Waals surface area (Å²) in [7, 11) is 1.67. The van der Waals surface area contributed by atoms with E-state index < -0.39 is 0 Å². The van der Waals surface area contributed by atoms with Crippen molar-refractivity contribution in [3.8, 4) is 5.75 Å². The molecule has 0 saturated carbocycles. The van der Waals surface area contributed by atoms with Gasteiger partial charge in [0.1, 0.15) is 5.75 Å². The molecule has 0 bridgehead atoms. The number of hydrogen-bond acceptors (Lipinski definition) is 2. The van der Waals surface area contributed by atoms with E-state index in [4.69, 9.17) is 4.74 Å². The van der Waals surface area contributed by atoms with Gasteiger partial charge in [-0.05, 0) is 72.6 Å². The van der Waals surface area contributed by atoms with E-state index >= 15 is 0 Å². The normalized spacial score (nSPS) is 15.9. The fourth-order valence-electron chi connectivity index (χ4n) is 4.21. The van der Waals surface area contributed by atoms with Crippen LogP contribution in [0.15, 0.2) is 72.8 Å². The molecule has 0 spiro atoms. The molecule has 1 unspecified atom stereocenters. The van der Waals surface area contributed by atoms with E-state index in [9.17, 15) is 4.79 Å². The third-order valence-corrected chi connectivity index (χ3v) is 5.82. The third kappa shape index (κ3) is 4.01. The van der Waals surface area contributed by atoms with Crippen LogP contribution < -0.4 is 4.74 Å². The second-order valence-corrected chi connectivity index (χ2v) is 7.58. The summed E-state index contributed by atoms with van der Waals surface area (Å²) < 4.78 is 5.31. The molecule has 4 rings (SSSR count). The molecule has 1 aliphatic rings. The van der Waals surface area contributed by atoms with E-state index in [2.05, 4.69) is 54.6 Å². The molecule has 2 nitrogen and oxygen atoms in total. The summed E-state index contributed by atoms with van der Waals surface area (Å²) in [6.45, 7) is 0. The van der Waals surface area contributed by atoms with E-state index in [1.807, 2.05) is 18.2 Å². The number of carbonyl (C=O) groups excluding carboxylic acids is 1. The molecule has 0 fully saturated rings. The number of ether oxygens (including phenoxy) is 1. The Hall–Kier alpha value is -2.87. The Morgan fingerprint density at radius 2 is 1.64 bits per heavy atom. The van der Waals surface area contributed by atoms with Gasteiger partial charge in [-0.1, -0.05) is 54.6 Å². The summed E-state index contributed by atoms with van der Waals surface area (Å²) in [5, 5.41) is 0. The van der Waals surface area contributed by atoms with Gasteiger partial charge in [-0.3, -0.25) is 4.79 Å². The third-order valence-electron chi connectivity index (χ3n) is 5.82. The van der Waals surface area contributed by atoms with Gasteiger partial charge in [-0.2, -0.15) is 0 Å². The van der Waals surface area contributed by atoms with Gasteiger partial charge in [-0.15, -0.1) is 0 Å². The predicted octanol–water partition coefficient (Wildman–Crippen LogP) is 5.47. The van der Waals surface area contributed by atoms with Crippen LogP contribution in [0.5, 0.6) is 5.75 Å². The summed E-state index contributed by atoms with van der Waals surface area (Å²) in [5.41, 5.74) is 6.03. The van der Waals surface area contributed by atoms with Crippen molar-refractivity contribution in [2.75, 3.05) is 7.11 Å². The number of methoxy groups -OCH3 is 1. The topological polar surface area (TPSA) is 26.3 Å². The number of fused-ring (bicyclic) bond motifs is 1. The maximum absolute atomic E-state index is 13.1. The highest BCUT2D eigenvalue weighted by Gasteiger charge is 2.28. The zero-order chi connectivity index (χ0) is 19.3. The maximum atomic E-state index is 13.1. The van der Waals surface area contributed by atoms with Crippen molar-refractivity contribution >= 4 is 5.78 Å². The average Bonchev–Trinajstić information content (AvgIpc) is 2.75. The predicted molar refractivity (Wildman–Crippen MR) is 113 cm³/mol. The van der Waals surface area contributed by atoms with E-state index in [1.165, 1.54) is 16.7 Å². The standard InChI is InChI=1S/C26H26O2/c1-28-24-15-16-25-22(18-24)13-14-23(26(25)27)17-21-10-6-5-9-20(21)12-11-19-7-3-2-4-8-19/h2-10,15-16,18,23H,11-14,17H2,1H3. The molecule has 1 atom stereocenters. The largest absolute Gasteiger partial charge is 0.497 e. The molecule has 0 saturated heterocycles. The molecular formula is C26H26O2. The molecule has 0 aromatic heterocycles. The van der Waals surface area contributed by atoms with Gasteiger partial charge in [0.05, 0.1) is 7.11 Å². The van der Waals surface area contributed by atoms with Crippen LogP contribution in [-0.2, 0) is 25.7 Å². The zero-order valence-corrected chi connectivity index (χ0v) is 16.4. The van der Waals surface area contributed by atoms with Crippen LogP contribution in [0.1, 0.15) is 39.0 Å². The average molecular weight is 370 g/mol. The van der Waals surface area contributed by atoms with Crippen LogP contribution >= 0.6 is 0 Å². The molecule has 0 radical (unpaired) electrons. The Kier molecular flexibility index (Phi) is 5.57. The summed E-state index contributed by atoms with van der Waals surface area (Å²) in [4.78, 5) is 13.1. The highest BCUT2D eigenvalue weighted by molar-refractivity contribution is 6.00. The van der Waals surface area contributed by atoms with E-state index in [-0.39, 0.29) is 11.7 Å². The first-order valence-electron chi connectivity index (χ1n) is 10.1. The second kappa shape index (κ2) is 8.43. The van der Waals surface area contributed by atoms with Gasteiger partial charge in [-0.25, -0.2) is 0 Å². The number of Topliss-reactive ketones (excluding diaryl/α,β-unsaturated/α-hetero) is 1. The summed E-state index contributed by atoms with van der Waals surface area (Å²) in [6.07, 6.45) is 4.71. The van der Waals surface area contributed by atoms with Crippen molar-refractivity contribution in [2.45, 2.75) is 32.1 Å². The Labute approximate surface area is 167 Å². The first-order valence-corrected chi connectivity index (χ1v) is 10.1. The molecule has 3 aromatic carbocycles. The van der Waals surface area contributed by atoms with Gasteiger partial charge in [0.2, 0.25) is 0 Å². The molecule has 0 amide bonds. The lowest BCUT2D eigenvalue weighted by molar-refractivity contribution is 0.0901. The lowest BCUT2D eigenvalue weighted by atomic mass is 9.79. The van der Waals surface area contributed by atoms with Crippen LogP contribution in [0.4, 0.5) is 0 Å². The van der Waals surface area contributed by atoms with E-state index in [0.717, 1.165) is 49.0 Å². The molecule has 0 heterocycles. The molecule has 0 N–H and O–H groups in total. The minimum atomic E-state index is 0.0683. The van der Waals surface area contributed by atoms with Crippen molar-refractivity contribution in [1.29, 1.82) is 0 Å². The zero-order valence-electron chi connectivity index (χ0n) is 16.4. The van der Waals surface area contributed by atoms with Crippen molar-refractivity contribution in [3.05, 3.63) is 101 Å². The number of benzene rings is 3. The van der Waals surface area contributed by atoms with Gasteiger partial charge >= 0.3 is 0 Å². The van der Waals surface area contributed by atoms with Gasteiger partial charge in [0, 0.05) is 11.5 Å². The molecule has 28 heavy (non-hydrogen) atoms. The molecular weight excluding hydrogens is 344 g/mol. The van der Waals surface area contributed by atoms with E-state index in [1.54, 1.807) is 7.11 Å². The molecule has 2 heteroatoms. The number of rotatable bonds is 6. The number of aryl methyl sites for hydroxylation is 3. The molecule has 142 valence electrons. The van der Waals surface area contributed by atoms with Crippen LogP contribution in [0.25, 0.3) is 0 Å². The lowest BCUT2D eigenvalue weighted by Crippen LogP contribution is -2.25. The SMILES string of the molecule is COc1ccc2c(c1)CCC(Cc1ccccc1CCc1ccccc1)C2=O. The highest BCUT2D eigenvalue weighted by Crippen LogP contribution is 2.31. The Bertz CT molecular complexity index is 959. The van der Waals surface area contributed by atoms with Crippen LogP contribution in [0.2, 0.25) is 0 Å². The number of hydrogen-bond donors (Lipinski definition) is 0. The van der Waals surface area contributed by atoms with Crippen LogP contribution in [-0.4, -0.2) is 12.9 Å². The van der Waals surface area contributed by atoms with Gasteiger partial charge < -0.3 is 4.74 Å². The Morgan fingerprint density at radius 3 is 2.43 bits per heavy atom. The Balaban J connectivity index is 1.49. The van der Waals surface area contributed by atoms with Crippen molar-refractivity contribution in [2.24, 2.45) is 5.92 Å². The molecule has 3 aromatic rings. The van der Waals surface area contributed by atoms with Crippen LogP contribution in [0.3, 0.4) is 0 Å². The minimum absolute atomic E-state index is 0.0683. The molecule has 1 aliphatic carbocycles. The number of ketones is 1. The Morgan fingerprint density at radius 1 is 0.893 bits per heavy atom. The van der Waals surface area contributed by atoms with Gasteiger partial charge in [0.15, 0.2) is 5.78 Å². The molecule has 0 aliphatic heterocycles. The van der Waals surface area contributed by atoms with Crippen LogP contribution in [0, 0.1) is 5.92 Å². The van der Waals surface area contributed by atoms with Crippen molar-refractivity contribution in [1.82, 2.24) is 0 Å². The second-order valence-electron chi connectivity index (χ2n) is 7.58. The summed E-state index contributed by atoms with van der Waals surface area (Å²) in [5.74, 6) is 1.18. The first kappa shape index (κ1) is 18.5. The monoisotopic (exact) mass is 370 g/mol. The van der Waals surface area contributed by atoms with Gasteiger partial charge in [0.25, 0.3) is 0 Å². The smallest absolute Gasteiger partial charge is 0.166 e. The number of carbonyl (C=O) groups is 1.